The molecule has 4 atom stereocenters. The number of carbonyl (C=O) groups is 5. The number of phenols is 1. The Hall–Kier alpha value is -3.33. The van der Waals surface area contributed by atoms with Crippen molar-refractivity contribution in [1.29, 1.82) is 0 Å². The molecule has 1 heterocycles. The normalized spacial score (nSPS) is 27.9. The quantitative estimate of drug-likeness (QED) is 0.341. The van der Waals surface area contributed by atoms with Crippen LogP contribution in [0.15, 0.2) is 51.6 Å². The molecule has 4 aliphatic rings. The Morgan fingerprint density at radius 2 is 1.89 bits per heavy atom. The first-order chi connectivity index (χ1) is 16.6. The summed E-state index contributed by atoms with van der Waals surface area (Å²) in [6, 6.07) is 5.21. The number of carboxylic acids is 1. The van der Waals surface area contributed by atoms with Gasteiger partial charge in [-0.25, -0.2) is 0 Å². The molecule has 2 amide bonds. The van der Waals surface area contributed by atoms with E-state index in [9.17, 15) is 29.1 Å². The summed E-state index contributed by atoms with van der Waals surface area (Å²) in [5.74, 6) is -5.29. The fourth-order valence-corrected chi connectivity index (χ4v) is 6.42. The zero-order valence-corrected chi connectivity index (χ0v) is 20.4. The van der Waals surface area contributed by atoms with Crippen LogP contribution in [-0.2, 0) is 24.0 Å². The molecule has 0 radical (unpaired) electrons. The van der Waals surface area contributed by atoms with Crippen LogP contribution >= 0.6 is 15.9 Å². The number of nitrogens with zero attached hydrogens (tertiary/aromatic N) is 1. The zero-order chi connectivity index (χ0) is 25.2. The lowest BCUT2D eigenvalue weighted by atomic mass is 9.59. The van der Waals surface area contributed by atoms with Gasteiger partial charge in [0.25, 0.3) is 0 Å². The molecule has 9 heteroatoms. The number of hydrogen-bond acceptors (Lipinski definition) is 6. The fraction of sp³-hybridized carbons (Fsp3) is 0.346. The molecule has 1 aliphatic heterocycles. The van der Waals surface area contributed by atoms with E-state index in [1.54, 1.807) is 25.1 Å². The third kappa shape index (κ3) is 3.52. The third-order valence-corrected chi connectivity index (χ3v) is 8.14. The monoisotopic (exact) mass is 539 g/mol. The van der Waals surface area contributed by atoms with Crippen molar-refractivity contribution >= 4 is 45.3 Å². The second-order valence-corrected chi connectivity index (χ2v) is 10.2. The van der Waals surface area contributed by atoms with Crippen molar-refractivity contribution < 1.29 is 34.2 Å². The highest BCUT2D eigenvalue weighted by molar-refractivity contribution is 9.12. The van der Waals surface area contributed by atoms with Crippen molar-refractivity contribution in [1.82, 2.24) is 4.90 Å². The van der Waals surface area contributed by atoms with Gasteiger partial charge < -0.3 is 10.2 Å². The number of aryl methyl sites for hydroxylation is 1. The predicted molar refractivity (Wildman–Crippen MR) is 126 cm³/mol. The average molecular weight is 540 g/mol. The van der Waals surface area contributed by atoms with Crippen molar-refractivity contribution in [3.63, 3.8) is 0 Å². The zero-order valence-electron chi connectivity index (χ0n) is 18.8. The number of hydrogen-bond donors (Lipinski definition) is 2. The Bertz CT molecular complexity index is 1320. The van der Waals surface area contributed by atoms with Crippen molar-refractivity contribution in [3.8, 4) is 5.75 Å². The number of fused-ring (bicyclic) bond motifs is 3. The Morgan fingerprint density at radius 3 is 2.60 bits per heavy atom. The van der Waals surface area contributed by atoms with Crippen LogP contribution in [0.1, 0.15) is 36.3 Å². The molecule has 8 nitrogen and oxygen atoms in total. The van der Waals surface area contributed by atoms with Gasteiger partial charge in [-0.1, -0.05) is 29.8 Å². The number of allylic oxidation sites excluding steroid dienone is 6. The summed E-state index contributed by atoms with van der Waals surface area (Å²) in [4.78, 5) is 64.8. The van der Waals surface area contributed by atoms with E-state index in [1.807, 2.05) is 6.08 Å². The number of benzene rings is 1. The van der Waals surface area contributed by atoms with Gasteiger partial charge in [0.1, 0.15) is 5.75 Å². The van der Waals surface area contributed by atoms with Gasteiger partial charge in [-0.2, -0.15) is 0 Å². The number of phenolic OH excluding ortho intramolecular Hbond substituents is 1. The Labute approximate surface area is 209 Å². The van der Waals surface area contributed by atoms with Gasteiger partial charge in [-0.3, -0.25) is 28.9 Å². The van der Waals surface area contributed by atoms with Gasteiger partial charge in [0.2, 0.25) is 11.8 Å². The van der Waals surface area contributed by atoms with Gasteiger partial charge >= 0.3 is 5.97 Å². The Balaban J connectivity index is 1.65. The fourth-order valence-electron chi connectivity index (χ4n) is 5.97. The van der Waals surface area contributed by atoms with E-state index in [0.29, 0.717) is 16.7 Å². The molecule has 5 rings (SSSR count). The summed E-state index contributed by atoms with van der Waals surface area (Å²) >= 11 is 3.18. The summed E-state index contributed by atoms with van der Waals surface area (Å²) in [5, 5.41) is 20.0. The SMILES string of the molecule is Cc1cccc([C@H]2C3=CC[C@@H]4C(=O)N(CCC(=O)O)C(=O)[C@@H]4[C@@H]3CC3=C2C(=O)C=C(Br)C3=O)c1O. The highest BCUT2D eigenvalue weighted by atomic mass is 79.9. The number of Topliss-reactive ketones (excluding diaryl/α,β-unsaturated/α-hetero) is 1. The van der Waals surface area contributed by atoms with Crippen LogP contribution in [0.25, 0.3) is 0 Å². The molecule has 0 saturated carbocycles. The summed E-state index contributed by atoms with van der Waals surface area (Å²) in [6.07, 6.45) is 3.13. The molecule has 1 aromatic rings. The van der Waals surface area contributed by atoms with Gasteiger partial charge in [-0.15, -0.1) is 0 Å². The molecule has 1 saturated heterocycles. The Kier molecular flexibility index (Phi) is 5.62. The van der Waals surface area contributed by atoms with E-state index in [1.165, 1.54) is 6.08 Å². The van der Waals surface area contributed by atoms with Crippen molar-refractivity contribution in [2.75, 3.05) is 6.54 Å². The van der Waals surface area contributed by atoms with E-state index in [2.05, 4.69) is 15.9 Å². The smallest absolute Gasteiger partial charge is 0.305 e. The number of halogens is 1. The number of aromatic hydroxyl groups is 1. The van der Waals surface area contributed by atoms with Crippen molar-refractivity contribution in [2.24, 2.45) is 17.8 Å². The highest BCUT2D eigenvalue weighted by Gasteiger charge is 2.56. The minimum Gasteiger partial charge on any atom is -0.507 e. The van der Waals surface area contributed by atoms with Gasteiger partial charge in [0, 0.05) is 35.2 Å². The molecule has 35 heavy (non-hydrogen) atoms. The molecule has 0 unspecified atom stereocenters. The van der Waals surface area contributed by atoms with E-state index < -0.39 is 41.5 Å². The van der Waals surface area contributed by atoms with Gasteiger partial charge in [-0.05, 0) is 47.2 Å². The predicted octanol–water partition coefficient (Wildman–Crippen LogP) is 2.94. The van der Waals surface area contributed by atoms with Crippen LogP contribution in [0.4, 0.5) is 0 Å². The van der Waals surface area contributed by atoms with Crippen LogP contribution in [-0.4, -0.2) is 51.0 Å². The summed E-state index contributed by atoms with van der Waals surface area (Å²) < 4.78 is 0.130. The molecule has 3 aliphatic carbocycles. The Morgan fingerprint density at radius 1 is 1.14 bits per heavy atom. The molecular weight excluding hydrogens is 518 g/mol. The molecular formula is C26H22BrNO7. The molecule has 0 spiro atoms. The molecule has 0 aromatic heterocycles. The number of likely N-dealkylation sites (tertiary alicyclic amines) is 1. The van der Waals surface area contributed by atoms with E-state index in [4.69, 9.17) is 5.11 Å². The van der Waals surface area contributed by atoms with Crippen LogP contribution < -0.4 is 0 Å². The van der Waals surface area contributed by atoms with Crippen LogP contribution in [0.2, 0.25) is 0 Å². The number of rotatable bonds is 4. The van der Waals surface area contributed by atoms with E-state index in [0.717, 1.165) is 10.5 Å². The average Bonchev–Trinajstić information content (AvgIpc) is 3.06. The summed E-state index contributed by atoms with van der Waals surface area (Å²) in [7, 11) is 0. The van der Waals surface area contributed by atoms with Crippen molar-refractivity contribution in [3.05, 3.63) is 62.7 Å². The number of carboxylic acid groups (broad SMARTS) is 1. The lowest BCUT2D eigenvalue weighted by Crippen LogP contribution is -2.39. The van der Waals surface area contributed by atoms with Gasteiger partial charge in [0.15, 0.2) is 11.6 Å². The third-order valence-electron chi connectivity index (χ3n) is 7.55. The highest BCUT2D eigenvalue weighted by Crippen LogP contribution is 2.56. The van der Waals surface area contributed by atoms with Crippen LogP contribution in [0, 0.1) is 24.7 Å². The minimum absolute atomic E-state index is 0.0128. The second kappa shape index (κ2) is 8.41. The topological polar surface area (TPSA) is 129 Å². The largest absolute Gasteiger partial charge is 0.507 e. The lowest BCUT2D eigenvalue weighted by molar-refractivity contribution is -0.142. The first kappa shape index (κ1) is 23.4. The van der Waals surface area contributed by atoms with Gasteiger partial charge in [0.05, 0.1) is 22.7 Å². The number of carbonyl (C=O) groups excluding carboxylic acids is 4. The van der Waals surface area contributed by atoms with Crippen LogP contribution in [0.5, 0.6) is 5.75 Å². The number of ketones is 2. The summed E-state index contributed by atoms with van der Waals surface area (Å²) in [6.45, 7) is 1.54. The maximum absolute atomic E-state index is 13.4. The first-order valence-electron chi connectivity index (χ1n) is 11.4. The maximum atomic E-state index is 13.4. The van der Waals surface area contributed by atoms with Crippen molar-refractivity contribution in [2.45, 2.75) is 32.1 Å². The van der Waals surface area contributed by atoms with Crippen LogP contribution in [0.3, 0.4) is 0 Å². The molecule has 2 N–H and O–H groups in total. The number of aliphatic carboxylic acids is 1. The van der Waals surface area contributed by atoms with E-state index in [-0.39, 0.29) is 53.2 Å². The standard InChI is InChI=1S/C26H22BrNO7/c1-11-3-2-4-13(23(11)32)20-12-5-6-14-21(26(35)28(25(14)34)8-7-19(30)31)15(12)9-16-22(20)18(29)10-17(27)24(16)33/h2-5,10,14-15,20-21,32H,6-9H2,1H3,(H,30,31)/t14-,15+,20+,21-/m0/s1. The molecule has 1 fully saturated rings. The summed E-state index contributed by atoms with van der Waals surface area (Å²) in [5.41, 5.74) is 2.39. The molecule has 1 aromatic carbocycles. The second-order valence-electron chi connectivity index (χ2n) is 9.38. The maximum Gasteiger partial charge on any atom is 0.305 e. The molecule has 0 bridgehead atoms. The number of amides is 2. The molecule has 180 valence electrons. The lowest BCUT2D eigenvalue weighted by Gasteiger charge is -2.42. The number of imide groups is 1. The first-order valence-corrected chi connectivity index (χ1v) is 12.2. The van der Waals surface area contributed by atoms with E-state index >= 15 is 0 Å². The number of para-hydroxylation sites is 1. The minimum atomic E-state index is -1.11.